The van der Waals surface area contributed by atoms with E-state index in [9.17, 15) is 4.79 Å². The van der Waals surface area contributed by atoms with Gasteiger partial charge in [-0.15, -0.1) is 11.3 Å². The van der Waals surface area contributed by atoms with Gasteiger partial charge in [0.05, 0.1) is 23.7 Å². The molecule has 6 heteroatoms. The molecule has 0 radical (unpaired) electrons. The Bertz CT molecular complexity index is 892. The van der Waals surface area contributed by atoms with Crippen molar-refractivity contribution in [2.45, 2.75) is 6.42 Å². The van der Waals surface area contributed by atoms with Crippen molar-refractivity contribution in [3.05, 3.63) is 49.5 Å². The van der Waals surface area contributed by atoms with Crippen molar-refractivity contribution in [3.63, 3.8) is 0 Å². The van der Waals surface area contributed by atoms with Crippen LogP contribution in [-0.2, 0) is 6.42 Å². The van der Waals surface area contributed by atoms with E-state index < -0.39 is 5.63 Å². The molecule has 2 heterocycles. The highest BCUT2D eigenvalue weighted by Gasteiger charge is 2.11. The molecule has 0 unspecified atom stereocenters. The zero-order chi connectivity index (χ0) is 14.1. The van der Waals surface area contributed by atoms with Crippen molar-refractivity contribution in [3.8, 4) is 17.3 Å². The lowest BCUT2D eigenvalue weighted by molar-refractivity contribution is 0.563. The summed E-state index contributed by atoms with van der Waals surface area (Å²) in [5.41, 5.74) is 1.08. The van der Waals surface area contributed by atoms with E-state index in [4.69, 9.17) is 9.68 Å². The molecule has 3 aromatic rings. The zero-order valence-corrected chi connectivity index (χ0v) is 12.5. The molecule has 3 rings (SSSR count). The van der Waals surface area contributed by atoms with Crippen LogP contribution in [0.25, 0.3) is 22.2 Å². The van der Waals surface area contributed by atoms with Crippen molar-refractivity contribution in [2.75, 3.05) is 0 Å². The minimum atomic E-state index is -0.423. The number of nitrogens with zero attached hydrogens (tertiary/aromatic N) is 2. The highest BCUT2D eigenvalue weighted by atomic mass is 79.9. The van der Waals surface area contributed by atoms with Crippen molar-refractivity contribution < 1.29 is 4.42 Å². The Morgan fingerprint density at radius 1 is 1.40 bits per heavy atom. The minimum absolute atomic E-state index is 0.245. The van der Waals surface area contributed by atoms with Crippen LogP contribution in [-0.4, -0.2) is 4.98 Å². The second-order valence-corrected chi connectivity index (χ2v) is 5.95. The third-order valence-corrected chi connectivity index (χ3v) is 4.09. The highest BCUT2D eigenvalue weighted by molar-refractivity contribution is 9.10. The van der Waals surface area contributed by atoms with Gasteiger partial charge in [0.1, 0.15) is 10.6 Å². The van der Waals surface area contributed by atoms with Crippen molar-refractivity contribution in [1.29, 1.82) is 5.26 Å². The summed E-state index contributed by atoms with van der Waals surface area (Å²) in [6.45, 7) is 0. The molecular weight excluding hydrogens is 340 g/mol. The van der Waals surface area contributed by atoms with Gasteiger partial charge >= 0.3 is 5.63 Å². The molecule has 0 aliphatic rings. The standard InChI is InChI=1S/C14H7BrN2O2S/c15-9-1-2-12-8(5-9)6-10(14(18)19-12)11-7-20-13(17-11)3-4-16/h1-2,5-7H,3H2. The van der Waals surface area contributed by atoms with Crippen LogP contribution in [0.1, 0.15) is 5.01 Å². The van der Waals surface area contributed by atoms with Gasteiger partial charge in [0, 0.05) is 15.2 Å². The van der Waals surface area contributed by atoms with Gasteiger partial charge in [-0.1, -0.05) is 15.9 Å². The van der Waals surface area contributed by atoms with Gasteiger partial charge in [-0.3, -0.25) is 0 Å². The number of hydrogen-bond donors (Lipinski definition) is 0. The van der Waals surface area contributed by atoms with Crippen LogP contribution in [0, 0.1) is 11.3 Å². The van der Waals surface area contributed by atoms with Crippen molar-refractivity contribution in [2.24, 2.45) is 0 Å². The molecule has 0 bridgehead atoms. The average molecular weight is 347 g/mol. The molecule has 0 spiro atoms. The fourth-order valence-electron chi connectivity index (χ4n) is 1.86. The predicted molar refractivity (Wildman–Crippen MR) is 80.6 cm³/mol. The molecule has 0 atom stereocenters. The Balaban J connectivity index is 2.17. The normalized spacial score (nSPS) is 10.6. The second kappa shape index (κ2) is 5.19. The molecular formula is C14H7BrN2O2S. The fourth-order valence-corrected chi connectivity index (χ4v) is 2.96. The molecule has 0 fully saturated rings. The van der Waals surface area contributed by atoms with E-state index in [1.807, 2.05) is 18.2 Å². The topological polar surface area (TPSA) is 66.9 Å². The van der Waals surface area contributed by atoms with E-state index in [1.54, 1.807) is 17.5 Å². The van der Waals surface area contributed by atoms with Gasteiger partial charge in [-0.05, 0) is 24.3 Å². The molecule has 0 saturated heterocycles. The molecule has 0 saturated carbocycles. The lowest BCUT2D eigenvalue weighted by Gasteiger charge is -2.00. The van der Waals surface area contributed by atoms with E-state index in [1.165, 1.54) is 11.3 Å². The largest absolute Gasteiger partial charge is 0.422 e. The van der Waals surface area contributed by atoms with Gasteiger partial charge in [0.25, 0.3) is 0 Å². The van der Waals surface area contributed by atoms with Crippen LogP contribution in [0.2, 0.25) is 0 Å². The molecule has 2 aromatic heterocycles. The Kier molecular flexibility index (Phi) is 3.38. The van der Waals surface area contributed by atoms with Crippen LogP contribution in [0.3, 0.4) is 0 Å². The number of aromatic nitrogens is 1. The molecule has 1 aromatic carbocycles. The first kappa shape index (κ1) is 13.0. The van der Waals surface area contributed by atoms with E-state index >= 15 is 0 Å². The lowest BCUT2D eigenvalue weighted by Crippen LogP contribution is -2.02. The molecule has 20 heavy (non-hydrogen) atoms. The third kappa shape index (κ3) is 2.38. The van der Waals surface area contributed by atoms with Crippen LogP contribution in [0.4, 0.5) is 0 Å². The van der Waals surface area contributed by atoms with Gasteiger partial charge < -0.3 is 4.42 Å². The van der Waals surface area contributed by atoms with Crippen LogP contribution in [0.5, 0.6) is 0 Å². The molecule has 0 aliphatic heterocycles. The maximum Gasteiger partial charge on any atom is 0.345 e. The smallest absolute Gasteiger partial charge is 0.345 e. The summed E-state index contributed by atoms with van der Waals surface area (Å²) in [7, 11) is 0. The summed E-state index contributed by atoms with van der Waals surface area (Å²) in [6, 6.07) is 9.24. The molecule has 4 nitrogen and oxygen atoms in total. The van der Waals surface area contributed by atoms with Gasteiger partial charge in [-0.25, -0.2) is 9.78 Å². The van der Waals surface area contributed by atoms with Crippen molar-refractivity contribution >= 4 is 38.2 Å². The lowest BCUT2D eigenvalue weighted by atomic mass is 10.1. The van der Waals surface area contributed by atoms with Crippen molar-refractivity contribution in [1.82, 2.24) is 4.98 Å². The molecule has 98 valence electrons. The number of halogens is 1. The van der Waals surface area contributed by atoms with E-state index in [0.717, 1.165) is 9.86 Å². The number of nitriles is 1. The first-order valence-corrected chi connectivity index (χ1v) is 7.40. The van der Waals surface area contributed by atoms with E-state index in [0.29, 0.717) is 21.8 Å². The fraction of sp³-hybridized carbons (Fsp3) is 0.0714. The van der Waals surface area contributed by atoms with Gasteiger partial charge in [0.2, 0.25) is 0 Å². The summed E-state index contributed by atoms with van der Waals surface area (Å²) in [4.78, 5) is 16.3. The molecule has 0 aliphatic carbocycles. The SMILES string of the molecule is N#CCc1nc(-c2cc3cc(Br)ccc3oc2=O)cs1. The highest BCUT2D eigenvalue weighted by Crippen LogP contribution is 2.25. The summed E-state index contributed by atoms with van der Waals surface area (Å²) in [5.74, 6) is 0. The summed E-state index contributed by atoms with van der Waals surface area (Å²) < 4.78 is 6.21. The van der Waals surface area contributed by atoms with Gasteiger partial charge in [0.15, 0.2) is 0 Å². The number of rotatable bonds is 2. The Hall–Kier alpha value is -1.97. The van der Waals surface area contributed by atoms with E-state index in [2.05, 4.69) is 20.9 Å². The first-order valence-electron chi connectivity index (χ1n) is 5.72. The van der Waals surface area contributed by atoms with E-state index in [-0.39, 0.29) is 6.42 Å². The summed E-state index contributed by atoms with van der Waals surface area (Å²) in [6.07, 6.45) is 0.245. The Morgan fingerprint density at radius 3 is 3.05 bits per heavy atom. The zero-order valence-electron chi connectivity index (χ0n) is 10.1. The van der Waals surface area contributed by atoms with Crippen LogP contribution in [0.15, 0.2) is 43.3 Å². The third-order valence-electron chi connectivity index (χ3n) is 2.75. The quantitative estimate of drug-likeness (QED) is 0.662. The first-order chi connectivity index (χ1) is 9.67. The predicted octanol–water partition coefficient (Wildman–Crippen LogP) is 3.75. The Labute approximate surface area is 126 Å². The molecule has 0 amide bonds. The average Bonchev–Trinajstić information content (AvgIpc) is 2.87. The summed E-state index contributed by atoms with van der Waals surface area (Å²) in [5, 5.41) is 11.9. The monoisotopic (exact) mass is 346 g/mol. The van der Waals surface area contributed by atoms with Crippen LogP contribution < -0.4 is 5.63 Å². The maximum atomic E-state index is 12.0. The molecule has 0 N–H and O–H groups in total. The van der Waals surface area contributed by atoms with Crippen LogP contribution >= 0.6 is 27.3 Å². The maximum absolute atomic E-state index is 12.0. The number of hydrogen-bond acceptors (Lipinski definition) is 5. The minimum Gasteiger partial charge on any atom is -0.422 e. The number of benzene rings is 1. The van der Waals surface area contributed by atoms with Gasteiger partial charge in [-0.2, -0.15) is 5.26 Å². The Morgan fingerprint density at radius 2 is 2.25 bits per heavy atom. The second-order valence-electron chi connectivity index (χ2n) is 4.09. The number of fused-ring (bicyclic) bond motifs is 1. The summed E-state index contributed by atoms with van der Waals surface area (Å²) >= 11 is 4.75. The number of thiazole rings is 1.